The second-order valence-electron chi connectivity index (χ2n) is 10.3. The van der Waals surface area contributed by atoms with E-state index in [0.29, 0.717) is 11.3 Å². The highest BCUT2D eigenvalue weighted by Crippen LogP contribution is 2.61. The zero-order chi connectivity index (χ0) is 26.0. The predicted octanol–water partition coefficient (Wildman–Crippen LogP) is 5.90. The summed E-state index contributed by atoms with van der Waals surface area (Å²) in [5, 5.41) is 3.00. The molecule has 5 nitrogen and oxygen atoms in total. The average molecular weight is 499 g/mol. The molecule has 1 saturated heterocycles. The molecule has 4 aromatic carbocycles. The Hall–Kier alpha value is -4.51. The maximum Gasteiger partial charge on any atom is 0.257 e. The van der Waals surface area contributed by atoms with Crippen LogP contribution in [-0.2, 0) is 16.0 Å². The number of nitrogens with one attached hydrogen (secondary N) is 1. The van der Waals surface area contributed by atoms with E-state index < -0.39 is 11.8 Å². The first kappa shape index (κ1) is 22.7. The quantitative estimate of drug-likeness (QED) is 0.357. The van der Waals surface area contributed by atoms with Crippen LogP contribution < -0.4 is 10.2 Å². The second-order valence-corrected chi connectivity index (χ2v) is 10.3. The Morgan fingerprint density at radius 1 is 0.684 bits per heavy atom. The number of aryl methyl sites for hydroxylation is 1. The van der Waals surface area contributed by atoms with Crippen molar-refractivity contribution in [3.8, 4) is 0 Å². The summed E-state index contributed by atoms with van der Waals surface area (Å²) in [6.07, 6.45) is 0.772. The van der Waals surface area contributed by atoms with Gasteiger partial charge in [0.25, 0.3) is 5.91 Å². The monoisotopic (exact) mass is 498 g/mol. The number of amides is 3. The maximum atomic E-state index is 14.2. The molecule has 1 N–H and O–H groups in total. The van der Waals surface area contributed by atoms with Gasteiger partial charge in [-0.1, -0.05) is 85.8 Å². The lowest BCUT2D eigenvalue weighted by Crippen LogP contribution is -2.41. The molecule has 0 spiro atoms. The molecule has 8 rings (SSSR count). The van der Waals surface area contributed by atoms with Crippen molar-refractivity contribution in [3.63, 3.8) is 0 Å². The summed E-state index contributed by atoms with van der Waals surface area (Å²) >= 11 is 0. The first-order valence-electron chi connectivity index (χ1n) is 13.1. The average Bonchev–Trinajstić information content (AvgIpc) is 3.23. The molecule has 2 bridgehead atoms. The number of para-hydroxylation sites is 2. The number of carbonyl (C=O) groups is 3. The van der Waals surface area contributed by atoms with Crippen LogP contribution in [0.3, 0.4) is 0 Å². The van der Waals surface area contributed by atoms with Gasteiger partial charge >= 0.3 is 0 Å². The van der Waals surface area contributed by atoms with Crippen LogP contribution in [0.15, 0.2) is 97.1 Å². The Labute approximate surface area is 221 Å². The third-order valence-corrected chi connectivity index (χ3v) is 8.48. The number of imide groups is 1. The molecule has 38 heavy (non-hydrogen) atoms. The first-order chi connectivity index (χ1) is 18.6. The standard InChI is InChI=1S/C33H26N2O3/c1-2-19-11-3-9-17-25(19)34-31(36)24-16-8-10-18-26(24)35-32(37)29-27-20-12-4-5-13-21(20)28(30(29)33(35)38)23-15-7-6-14-22(23)27/h3-18,27-30H,2H2,1H3,(H,34,36)/t27?,28?,29-,30+. The second kappa shape index (κ2) is 8.52. The Kier molecular flexibility index (Phi) is 5.08. The van der Waals surface area contributed by atoms with Crippen LogP contribution in [0.5, 0.6) is 0 Å². The Morgan fingerprint density at radius 2 is 1.16 bits per heavy atom. The summed E-state index contributed by atoms with van der Waals surface area (Å²) in [7, 11) is 0. The van der Waals surface area contributed by atoms with Gasteiger partial charge in [-0.05, 0) is 52.4 Å². The van der Waals surface area contributed by atoms with Gasteiger partial charge in [-0.3, -0.25) is 14.4 Å². The van der Waals surface area contributed by atoms with Crippen LogP contribution in [0.2, 0.25) is 0 Å². The minimum absolute atomic E-state index is 0.184. The number of hydrogen-bond acceptors (Lipinski definition) is 3. The largest absolute Gasteiger partial charge is 0.322 e. The molecule has 1 aliphatic heterocycles. The van der Waals surface area contributed by atoms with E-state index in [-0.39, 0.29) is 29.6 Å². The fourth-order valence-corrected chi connectivity index (χ4v) is 6.92. The molecule has 4 aromatic rings. The molecule has 0 unspecified atom stereocenters. The van der Waals surface area contributed by atoms with Crippen LogP contribution in [0.4, 0.5) is 11.4 Å². The summed E-state index contributed by atoms with van der Waals surface area (Å²) in [6, 6.07) is 31.0. The SMILES string of the molecule is CCc1ccccc1NC(=O)c1ccccc1N1C(=O)[C@@H]2C3c4ccccc4C(c4ccccc43)[C@@H]2C1=O. The summed E-state index contributed by atoms with van der Waals surface area (Å²) in [5.74, 6) is -2.15. The van der Waals surface area contributed by atoms with Gasteiger partial charge < -0.3 is 5.32 Å². The molecule has 4 aliphatic rings. The van der Waals surface area contributed by atoms with Gasteiger partial charge in [-0.2, -0.15) is 0 Å². The van der Waals surface area contributed by atoms with E-state index in [4.69, 9.17) is 0 Å². The number of anilines is 2. The first-order valence-corrected chi connectivity index (χ1v) is 13.1. The van der Waals surface area contributed by atoms with Gasteiger partial charge in [-0.25, -0.2) is 4.90 Å². The van der Waals surface area contributed by atoms with E-state index in [0.717, 1.165) is 39.9 Å². The number of benzene rings is 4. The van der Waals surface area contributed by atoms with Crippen molar-refractivity contribution < 1.29 is 14.4 Å². The molecule has 0 saturated carbocycles. The van der Waals surface area contributed by atoms with Crippen molar-refractivity contribution in [1.29, 1.82) is 0 Å². The van der Waals surface area contributed by atoms with Gasteiger partial charge in [0.1, 0.15) is 0 Å². The van der Waals surface area contributed by atoms with Crippen molar-refractivity contribution in [2.45, 2.75) is 25.2 Å². The van der Waals surface area contributed by atoms with Crippen LogP contribution in [0.25, 0.3) is 0 Å². The smallest absolute Gasteiger partial charge is 0.257 e. The highest BCUT2D eigenvalue weighted by Gasteiger charge is 2.62. The fraction of sp³-hybridized carbons (Fsp3) is 0.182. The molecule has 186 valence electrons. The summed E-state index contributed by atoms with van der Waals surface area (Å²) in [5.41, 5.74) is 6.91. The molecule has 0 aromatic heterocycles. The number of carbonyl (C=O) groups excluding carboxylic acids is 3. The van der Waals surface area contributed by atoms with Gasteiger partial charge in [-0.15, -0.1) is 0 Å². The van der Waals surface area contributed by atoms with Crippen molar-refractivity contribution >= 4 is 29.1 Å². The topological polar surface area (TPSA) is 66.5 Å². The number of rotatable bonds is 4. The van der Waals surface area contributed by atoms with Crippen LogP contribution >= 0.6 is 0 Å². The van der Waals surface area contributed by atoms with Gasteiger partial charge in [0.15, 0.2) is 0 Å². The summed E-state index contributed by atoms with van der Waals surface area (Å²) in [4.78, 5) is 43.1. The van der Waals surface area contributed by atoms with Crippen molar-refractivity contribution in [2.75, 3.05) is 10.2 Å². The Balaban J connectivity index is 1.31. The molecule has 1 heterocycles. The maximum absolute atomic E-state index is 14.2. The molecule has 5 heteroatoms. The Bertz CT molecular complexity index is 1530. The Morgan fingerprint density at radius 3 is 1.71 bits per heavy atom. The van der Waals surface area contributed by atoms with Crippen LogP contribution in [0, 0.1) is 11.8 Å². The number of nitrogens with zero attached hydrogens (tertiary/aromatic N) is 1. The zero-order valence-electron chi connectivity index (χ0n) is 20.9. The molecule has 0 radical (unpaired) electrons. The van der Waals surface area contributed by atoms with Gasteiger partial charge in [0.2, 0.25) is 11.8 Å². The molecular formula is C33H26N2O3. The van der Waals surface area contributed by atoms with Crippen molar-refractivity contribution in [2.24, 2.45) is 11.8 Å². The van der Waals surface area contributed by atoms with E-state index in [1.165, 1.54) is 4.90 Å². The summed E-state index contributed by atoms with van der Waals surface area (Å²) in [6.45, 7) is 2.03. The van der Waals surface area contributed by atoms with Crippen molar-refractivity contribution in [1.82, 2.24) is 0 Å². The van der Waals surface area contributed by atoms with E-state index in [1.807, 2.05) is 55.5 Å². The minimum Gasteiger partial charge on any atom is -0.322 e. The molecular weight excluding hydrogens is 472 g/mol. The molecule has 3 amide bonds. The van der Waals surface area contributed by atoms with Crippen LogP contribution in [-0.4, -0.2) is 17.7 Å². The molecule has 1 fully saturated rings. The van der Waals surface area contributed by atoms with Gasteiger partial charge in [0.05, 0.1) is 23.1 Å². The zero-order valence-corrected chi connectivity index (χ0v) is 20.9. The van der Waals surface area contributed by atoms with E-state index in [1.54, 1.807) is 24.3 Å². The van der Waals surface area contributed by atoms with Crippen LogP contribution in [0.1, 0.15) is 56.9 Å². The lowest BCUT2D eigenvalue weighted by Gasteiger charge is -2.45. The highest BCUT2D eigenvalue weighted by atomic mass is 16.2. The van der Waals surface area contributed by atoms with E-state index in [2.05, 4.69) is 29.6 Å². The normalized spacial score (nSPS) is 22.6. The lowest BCUT2D eigenvalue weighted by molar-refractivity contribution is -0.122. The summed E-state index contributed by atoms with van der Waals surface area (Å²) < 4.78 is 0. The third-order valence-electron chi connectivity index (χ3n) is 8.48. The minimum atomic E-state index is -0.491. The molecule has 3 aliphatic carbocycles. The highest BCUT2D eigenvalue weighted by molar-refractivity contribution is 6.26. The van der Waals surface area contributed by atoms with E-state index in [9.17, 15) is 14.4 Å². The fourth-order valence-electron chi connectivity index (χ4n) is 6.92. The lowest BCUT2D eigenvalue weighted by atomic mass is 9.55. The predicted molar refractivity (Wildman–Crippen MR) is 146 cm³/mol. The van der Waals surface area contributed by atoms with Crippen molar-refractivity contribution in [3.05, 3.63) is 130 Å². The third kappa shape index (κ3) is 3.08. The van der Waals surface area contributed by atoms with E-state index >= 15 is 0 Å². The molecule has 2 atom stereocenters. The number of hydrogen-bond donors (Lipinski definition) is 1. The van der Waals surface area contributed by atoms with Gasteiger partial charge in [0, 0.05) is 17.5 Å².